The first kappa shape index (κ1) is 14.5. The summed E-state index contributed by atoms with van der Waals surface area (Å²) >= 11 is 0. The molecule has 19 heavy (non-hydrogen) atoms. The van der Waals surface area contributed by atoms with E-state index >= 15 is 0 Å². The van der Waals surface area contributed by atoms with Gasteiger partial charge in [0.25, 0.3) is 0 Å². The topological polar surface area (TPSA) is 75.6 Å². The van der Waals surface area contributed by atoms with Crippen molar-refractivity contribution in [2.75, 3.05) is 19.8 Å². The number of aliphatic hydroxyl groups is 1. The van der Waals surface area contributed by atoms with Crippen LogP contribution in [0.1, 0.15) is 17.5 Å². The summed E-state index contributed by atoms with van der Waals surface area (Å²) in [5, 5.41) is 9.09. The van der Waals surface area contributed by atoms with Gasteiger partial charge >= 0.3 is 0 Å². The molecule has 2 N–H and O–H groups in total. The van der Waals surface area contributed by atoms with Gasteiger partial charge in [-0.1, -0.05) is 12.1 Å². The van der Waals surface area contributed by atoms with Crippen LogP contribution in [0, 0.1) is 12.8 Å². The molecule has 0 bridgehead atoms. The Labute approximate surface area is 113 Å². The summed E-state index contributed by atoms with van der Waals surface area (Å²) in [6.07, 6.45) is 0.887. The molecule has 0 aliphatic carbocycles. The smallest absolute Gasteiger partial charge is 0.240 e. The molecular formula is C13H19NO4S. The number of benzene rings is 1. The number of hydrogen-bond acceptors (Lipinski definition) is 4. The van der Waals surface area contributed by atoms with Crippen molar-refractivity contribution in [1.29, 1.82) is 0 Å². The second-order valence-corrected chi connectivity index (χ2v) is 6.57. The van der Waals surface area contributed by atoms with Crippen LogP contribution in [-0.2, 0) is 21.4 Å². The van der Waals surface area contributed by atoms with Crippen molar-refractivity contribution in [3.8, 4) is 0 Å². The van der Waals surface area contributed by atoms with E-state index in [2.05, 4.69) is 4.72 Å². The molecule has 0 amide bonds. The molecule has 0 saturated carbocycles. The third-order valence-corrected chi connectivity index (χ3v) is 4.88. The van der Waals surface area contributed by atoms with Gasteiger partial charge in [-0.25, -0.2) is 13.1 Å². The van der Waals surface area contributed by atoms with Gasteiger partial charge in [-0.3, -0.25) is 0 Å². The summed E-state index contributed by atoms with van der Waals surface area (Å²) in [6.45, 7) is 3.28. The lowest BCUT2D eigenvalue weighted by Gasteiger charge is -2.12. The van der Waals surface area contributed by atoms with Crippen LogP contribution >= 0.6 is 0 Å². The van der Waals surface area contributed by atoms with Crippen molar-refractivity contribution in [3.63, 3.8) is 0 Å². The van der Waals surface area contributed by atoms with Crippen LogP contribution in [0.15, 0.2) is 23.1 Å². The summed E-state index contributed by atoms with van der Waals surface area (Å²) in [5.41, 5.74) is 1.27. The molecule has 6 heteroatoms. The molecule has 0 radical (unpaired) electrons. The largest absolute Gasteiger partial charge is 0.392 e. The lowest BCUT2D eigenvalue weighted by molar-refractivity contribution is 0.186. The summed E-state index contributed by atoms with van der Waals surface area (Å²) in [4.78, 5) is 0.234. The standard InChI is InChI=1S/C13H19NO4S/c1-10-2-3-11(8-15)6-13(10)19(16,17)14-7-12-4-5-18-9-12/h2-3,6,12,14-15H,4-5,7-9H2,1H3. The third-order valence-electron chi connectivity index (χ3n) is 3.31. The minimum Gasteiger partial charge on any atom is -0.392 e. The van der Waals surface area contributed by atoms with Crippen LogP contribution in [0.4, 0.5) is 0 Å². The van der Waals surface area contributed by atoms with Gasteiger partial charge in [-0.15, -0.1) is 0 Å². The Kier molecular flexibility index (Phi) is 4.57. The molecule has 1 aromatic carbocycles. The fourth-order valence-electron chi connectivity index (χ4n) is 2.08. The fourth-order valence-corrected chi connectivity index (χ4v) is 3.49. The van der Waals surface area contributed by atoms with E-state index in [1.165, 1.54) is 6.07 Å². The molecule has 2 rings (SSSR count). The predicted octanol–water partition coefficient (Wildman–Crippen LogP) is 0.802. The molecule has 1 fully saturated rings. The Morgan fingerprint density at radius 3 is 2.89 bits per heavy atom. The van der Waals surface area contributed by atoms with E-state index in [-0.39, 0.29) is 17.4 Å². The first-order valence-electron chi connectivity index (χ1n) is 6.31. The zero-order chi connectivity index (χ0) is 13.9. The van der Waals surface area contributed by atoms with E-state index < -0.39 is 10.0 Å². The van der Waals surface area contributed by atoms with Crippen molar-refractivity contribution in [3.05, 3.63) is 29.3 Å². The molecule has 1 unspecified atom stereocenters. The number of aliphatic hydroxyl groups excluding tert-OH is 1. The molecule has 1 heterocycles. The third kappa shape index (κ3) is 3.54. The normalized spacial score (nSPS) is 19.8. The Bertz CT molecular complexity index is 536. The SMILES string of the molecule is Cc1ccc(CO)cc1S(=O)(=O)NCC1CCOC1. The van der Waals surface area contributed by atoms with E-state index in [4.69, 9.17) is 9.84 Å². The minimum atomic E-state index is -3.53. The predicted molar refractivity (Wildman–Crippen MR) is 71.2 cm³/mol. The summed E-state index contributed by atoms with van der Waals surface area (Å²) < 4.78 is 32.3. The molecule has 0 spiro atoms. The zero-order valence-electron chi connectivity index (χ0n) is 10.9. The van der Waals surface area contributed by atoms with Gasteiger partial charge in [-0.05, 0) is 36.5 Å². The van der Waals surface area contributed by atoms with Crippen molar-refractivity contribution in [2.45, 2.75) is 24.8 Å². The lowest BCUT2D eigenvalue weighted by atomic mass is 10.1. The van der Waals surface area contributed by atoms with E-state index in [1.807, 2.05) is 0 Å². The first-order chi connectivity index (χ1) is 9.03. The average molecular weight is 285 g/mol. The molecule has 106 valence electrons. The second-order valence-electron chi connectivity index (χ2n) is 4.84. The Morgan fingerprint density at radius 1 is 1.47 bits per heavy atom. The van der Waals surface area contributed by atoms with Gasteiger partial charge < -0.3 is 9.84 Å². The van der Waals surface area contributed by atoms with E-state index in [0.717, 1.165) is 6.42 Å². The van der Waals surface area contributed by atoms with Crippen molar-refractivity contribution >= 4 is 10.0 Å². The van der Waals surface area contributed by atoms with Gasteiger partial charge in [0.1, 0.15) is 0 Å². The maximum Gasteiger partial charge on any atom is 0.240 e. The van der Waals surface area contributed by atoms with Crippen molar-refractivity contribution in [1.82, 2.24) is 4.72 Å². The van der Waals surface area contributed by atoms with Gasteiger partial charge in [0.15, 0.2) is 0 Å². The summed E-state index contributed by atoms with van der Waals surface area (Å²) in [6, 6.07) is 4.95. The second kappa shape index (κ2) is 6.00. The summed E-state index contributed by atoms with van der Waals surface area (Å²) in [5.74, 6) is 0.246. The van der Waals surface area contributed by atoms with Crippen LogP contribution < -0.4 is 4.72 Å². The Morgan fingerprint density at radius 2 is 2.26 bits per heavy atom. The van der Waals surface area contributed by atoms with Gasteiger partial charge in [-0.2, -0.15) is 0 Å². The zero-order valence-corrected chi connectivity index (χ0v) is 11.7. The number of rotatable bonds is 5. The highest BCUT2D eigenvalue weighted by atomic mass is 32.2. The van der Waals surface area contributed by atoms with Crippen LogP contribution in [0.5, 0.6) is 0 Å². The fraction of sp³-hybridized carbons (Fsp3) is 0.538. The number of sulfonamides is 1. The minimum absolute atomic E-state index is 0.167. The molecule has 0 aromatic heterocycles. The van der Waals surface area contributed by atoms with Crippen LogP contribution in [0.3, 0.4) is 0 Å². The van der Waals surface area contributed by atoms with Gasteiger partial charge in [0, 0.05) is 13.2 Å². The molecule has 1 aromatic rings. The first-order valence-corrected chi connectivity index (χ1v) is 7.79. The number of nitrogens with one attached hydrogen (secondary N) is 1. The Balaban J connectivity index is 2.13. The number of ether oxygens (including phenoxy) is 1. The molecule has 5 nitrogen and oxygen atoms in total. The average Bonchev–Trinajstić information content (AvgIpc) is 2.90. The molecule has 1 atom stereocenters. The maximum absolute atomic E-state index is 12.2. The molecule has 1 aliphatic rings. The van der Waals surface area contributed by atoms with Crippen LogP contribution in [-0.4, -0.2) is 33.3 Å². The highest BCUT2D eigenvalue weighted by Gasteiger charge is 2.21. The molecule has 1 saturated heterocycles. The molecular weight excluding hydrogens is 266 g/mol. The van der Waals surface area contributed by atoms with E-state index in [9.17, 15) is 8.42 Å². The van der Waals surface area contributed by atoms with Gasteiger partial charge in [0.2, 0.25) is 10.0 Å². The van der Waals surface area contributed by atoms with Crippen molar-refractivity contribution in [2.24, 2.45) is 5.92 Å². The lowest BCUT2D eigenvalue weighted by Crippen LogP contribution is -2.30. The van der Waals surface area contributed by atoms with E-state index in [0.29, 0.717) is 30.9 Å². The molecule has 1 aliphatic heterocycles. The maximum atomic E-state index is 12.2. The van der Waals surface area contributed by atoms with Crippen molar-refractivity contribution < 1.29 is 18.3 Å². The van der Waals surface area contributed by atoms with Gasteiger partial charge in [0.05, 0.1) is 18.1 Å². The quantitative estimate of drug-likeness (QED) is 0.839. The van der Waals surface area contributed by atoms with Crippen LogP contribution in [0.2, 0.25) is 0 Å². The number of aryl methyl sites for hydroxylation is 1. The number of hydrogen-bond donors (Lipinski definition) is 2. The van der Waals surface area contributed by atoms with Crippen LogP contribution in [0.25, 0.3) is 0 Å². The Hall–Kier alpha value is -0.950. The summed E-state index contributed by atoms with van der Waals surface area (Å²) in [7, 11) is -3.53. The van der Waals surface area contributed by atoms with E-state index in [1.54, 1.807) is 19.1 Å². The highest BCUT2D eigenvalue weighted by molar-refractivity contribution is 7.89. The highest BCUT2D eigenvalue weighted by Crippen LogP contribution is 2.18. The monoisotopic (exact) mass is 285 g/mol.